The normalized spacial score (nSPS) is 17.1. The largest absolute Gasteiger partial charge is 0.431 e. The predicted octanol–water partition coefficient (Wildman–Crippen LogP) is 1.86. The highest BCUT2D eigenvalue weighted by molar-refractivity contribution is 8.00. The molecular weight excluding hydrogens is 390 g/mol. The number of sulfonamides is 1. The second kappa shape index (κ2) is 8.59. The van der Waals surface area contributed by atoms with E-state index in [9.17, 15) is 13.2 Å². The van der Waals surface area contributed by atoms with Crippen LogP contribution in [-0.4, -0.2) is 61.7 Å². The van der Waals surface area contributed by atoms with Gasteiger partial charge in [0.05, 0.1) is 23.4 Å². The summed E-state index contributed by atoms with van der Waals surface area (Å²) in [5.74, 6) is -0.0836. The molecule has 1 amide bonds. The number of thioether (sulfide) groups is 1. The van der Waals surface area contributed by atoms with E-state index in [1.165, 1.54) is 28.2 Å². The number of nitrogens with one attached hydrogen (secondary N) is 1. The maximum absolute atomic E-state index is 12.8. The van der Waals surface area contributed by atoms with Crippen molar-refractivity contribution in [1.82, 2.24) is 14.6 Å². The number of hydrogen-bond donors (Lipinski definition) is 1. The quantitative estimate of drug-likeness (QED) is 0.691. The number of nitrogens with zero attached hydrogens (tertiary/aromatic N) is 2. The average Bonchev–Trinajstić information content (AvgIpc) is 3.08. The first-order chi connectivity index (χ1) is 12.9. The van der Waals surface area contributed by atoms with Crippen molar-refractivity contribution in [2.75, 3.05) is 32.8 Å². The smallest absolute Gasteiger partial charge is 0.257 e. The molecule has 0 spiro atoms. The molecule has 1 aromatic carbocycles. The van der Waals surface area contributed by atoms with Crippen LogP contribution in [0, 0.1) is 0 Å². The number of morpholine rings is 1. The summed E-state index contributed by atoms with van der Waals surface area (Å²) in [6, 6.07) is 4.63. The zero-order valence-electron chi connectivity index (χ0n) is 15.3. The first-order valence-electron chi connectivity index (χ1n) is 8.84. The van der Waals surface area contributed by atoms with Crippen LogP contribution in [-0.2, 0) is 19.6 Å². The van der Waals surface area contributed by atoms with E-state index >= 15 is 0 Å². The topological polar surface area (TPSA) is 102 Å². The number of ether oxygens (including phenoxy) is 1. The Morgan fingerprint density at radius 3 is 2.81 bits per heavy atom. The molecule has 1 atom stereocenters. The first-order valence-corrected chi connectivity index (χ1v) is 11.2. The van der Waals surface area contributed by atoms with Crippen LogP contribution in [0.1, 0.15) is 20.3 Å². The van der Waals surface area contributed by atoms with Crippen LogP contribution in [0.4, 0.5) is 0 Å². The van der Waals surface area contributed by atoms with E-state index in [2.05, 4.69) is 10.3 Å². The lowest BCUT2D eigenvalue weighted by atomic mass is 10.3. The summed E-state index contributed by atoms with van der Waals surface area (Å²) in [6.07, 6.45) is 0.867. The minimum absolute atomic E-state index is 0.0836. The highest BCUT2D eigenvalue weighted by atomic mass is 32.2. The highest BCUT2D eigenvalue weighted by Crippen LogP contribution is 2.29. The van der Waals surface area contributed by atoms with Crippen LogP contribution < -0.4 is 5.32 Å². The van der Waals surface area contributed by atoms with Gasteiger partial charge in [0.25, 0.3) is 5.22 Å². The standard InChI is InChI=1S/C17H23N3O5S2/c1-3-6-18-16(21)12(2)26-17-19-14-11-13(4-5-15(14)25-17)27(22,23)20-7-9-24-10-8-20/h4-5,11-12H,3,6-10H2,1-2H3,(H,18,21)/t12-/m0/s1. The third-order valence-corrected chi connectivity index (χ3v) is 6.98. The number of amides is 1. The number of hydrogen-bond acceptors (Lipinski definition) is 7. The molecule has 148 valence electrons. The zero-order valence-corrected chi connectivity index (χ0v) is 16.9. The fourth-order valence-electron chi connectivity index (χ4n) is 2.63. The summed E-state index contributed by atoms with van der Waals surface area (Å²) in [5, 5.41) is 2.81. The molecule has 0 saturated carbocycles. The molecule has 2 heterocycles. The summed E-state index contributed by atoms with van der Waals surface area (Å²) in [5.41, 5.74) is 0.938. The van der Waals surface area contributed by atoms with Gasteiger partial charge in [-0.15, -0.1) is 0 Å². The highest BCUT2D eigenvalue weighted by Gasteiger charge is 2.27. The molecule has 3 rings (SSSR count). The molecule has 0 radical (unpaired) electrons. The van der Waals surface area contributed by atoms with Crippen molar-refractivity contribution in [2.45, 2.75) is 35.6 Å². The Hall–Kier alpha value is -1.62. The molecule has 10 heteroatoms. The van der Waals surface area contributed by atoms with Crippen LogP contribution in [0.25, 0.3) is 11.1 Å². The fourth-order valence-corrected chi connectivity index (χ4v) is 4.84. The van der Waals surface area contributed by atoms with Crippen molar-refractivity contribution >= 4 is 38.8 Å². The number of oxazole rings is 1. The van der Waals surface area contributed by atoms with Gasteiger partial charge < -0.3 is 14.5 Å². The predicted molar refractivity (Wildman–Crippen MR) is 102 cm³/mol. The van der Waals surface area contributed by atoms with Crippen LogP contribution in [0.3, 0.4) is 0 Å². The van der Waals surface area contributed by atoms with Gasteiger partial charge in [0, 0.05) is 19.6 Å². The molecule has 0 unspecified atom stereocenters. The minimum atomic E-state index is -3.59. The molecule has 1 N–H and O–H groups in total. The van der Waals surface area contributed by atoms with Gasteiger partial charge in [0.2, 0.25) is 15.9 Å². The van der Waals surface area contributed by atoms with E-state index < -0.39 is 10.0 Å². The summed E-state index contributed by atoms with van der Waals surface area (Å²) >= 11 is 1.20. The van der Waals surface area contributed by atoms with E-state index in [0.29, 0.717) is 49.2 Å². The molecule has 1 aromatic heterocycles. The van der Waals surface area contributed by atoms with E-state index in [1.54, 1.807) is 13.0 Å². The lowest BCUT2D eigenvalue weighted by Gasteiger charge is -2.25. The van der Waals surface area contributed by atoms with E-state index in [-0.39, 0.29) is 16.1 Å². The van der Waals surface area contributed by atoms with Gasteiger partial charge in [-0.2, -0.15) is 4.31 Å². The molecule has 0 aliphatic carbocycles. The van der Waals surface area contributed by atoms with Gasteiger partial charge in [-0.3, -0.25) is 4.79 Å². The average molecular weight is 414 g/mol. The monoisotopic (exact) mass is 413 g/mol. The number of carbonyl (C=O) groups is 1. The first kappa shape index (κ1) is 20.1. The Labute approximate surface area is 162 Å². The van der Waals surface area contributed by atoms with Crippen LogP contribution in [0.15, 0.2) is 32.7 Å². The lowest BCUT2D eigenvalue weighted by Crippen LogP contribution is -2.40. The van der Waals surface area contributed by atoms with Crippen molar-refractivity contribution < 1.29 is 22.4 Å². The number of aromatic nitrogens is 1. The van der Waals surface area contributed by atoms with Gasteiger partial charge in [-0.05, 0) is 31.5 Å². The Kier molecular flexibility index (Phi) is 6.40. The van der Waals surface area contributed by atoms with Crippen molar-refractivity contribution in [3.8, 4) is 0 Å². The number of fused-ring (bicyclic) bond motifs is 1. The van der Waals surface area contributed by atoms with E-state index in [1.807, 2.05) is 6.92 Å². The SMILES string of the molecule is CCCNC(=O)[C@H](C)Sc1nc2cc(S(=O)(=O)N3CCOCC3)ccc2o1. The van der Waals surface area contributed by atoms with Crippen LogP contribution >= 0.6 is 11.8 Å². The summed E-state index contributed by atoms with van der Waals surface area (Å²) in [6.45, 7) is 5.85. The fraction of sp³-hybridized carbons (Fsp3) is 0.529. The number of carbonyl (C=O) groups excluding carboxylic acids is 1. The Morgan fingerprint density at radius 2 is 2.11 bits per heavy atom. The third-order valence-electron chi connectivity index (χ3n) is 4.14. The van der Waals surface area contributed by atoms with Crippen molar-refractivity contribution in [2.24, 2.45) is 0 Å². The molecule has 1 aliphatic rings. The number of rotatable bonds is 7. The van der Waals surface area contributed by atoms with Crippen molar-refractivity contribution in [1.29, 1.82) is 0 Å². The third kappa shape index (κ3) is 4.63. The summed E-state index contributed by atoms with van der Waals surface area (Å²) < 4.78 is 37.8. The molecule has 27 heavy (non-hydrogen) atoms. The Bertz CT molecular complexity index is 906. The maximum Gasteiger partial charge on any atom is 0.257 e. The number of benzene rings is 1. The van der Waals surface area contributed by atoms with Crippen molar-refractivity contribution in [3.05, 3.63) is 18.2 Å². The molecular formula is C17H23N3O5S2. The van der Waals surface area contributed by atoms with Crippen molar-refractivity contribution in [3.63, 3.8) is 0 Å². The van der Waals surface area contributed by atoms with Gasteiger partial charge in [-0.1, -0.05) is 18.7 Å². The molecule has 1 saturated heterocycles. The Morgan fingerprint density at radius 1 is 1.37 bits per heavy atom. The van der Waals surface area contributed by atoms with E-state index in [0.717, 1.165) is 6.42 Å². The second-order valence-corrected chi connectivity index (χ2v) is 9.41. The Balaban J connectivity index is 1.77. The molecule has 8 nitrogen and oxygen atoms in total. The summed E-state index contributed by atoms with van der Waals surface area (Å²) in [4.78, 5) is 16.5. The van der Waals surface area contributed by atoms with Gasteiger partial charge in [0.1, 0.15) is 5.52 Å². The van der Waals surface area contributed by atoms with E-state index in [4.69, 9.17) is 9.15 Å². The summed E-state index contributed by atoms with van der Waals surface area (Å²) in [7, 11) is -3.59. The molecule has 0 bridgehead atoms. The molecule has 1 fully saturated rings. The second-order valence-electron chi connectivity index (χ2n) is 6.18. The molecule has 2 aromatic rings. The van der Waals surface area contributed by atoms with Gasteiger partial charge in [-0.25, -0.2) is 13.4 Å². The van der Waals surface area contributed by atoms with Crippen LogP contribution in [0.5, 0.6) is 0 Å². The lowest BCUT2D eigenvalue weighted by molar-refractivity contribution is -0.120. The molecule has 1 aliphatic heterocycles. The minimum Gasteiger partial charge on any atom is -0.431 e. The zero-order chi connectivity index (χ0) is 19.4. The maximum atomic E-state index is 12.8. The van der Waals surface area contributed by atoms with Gasteiger partial charge in [0.15, 0.2) is 5.58 Å². The van der Waals surface area contributed by atoms with Gasteiger partial charge >= 0.3 is 0 Å². The van der Waals surface area contributed by atoms with Crippen LogP contribution in [0.2, 0.25) is 0 Å².